The van der Waals surface area contributed by atoms with E-state index < -0.39 is 11.9 Å². The number of carboxylic acid groups (broad SMARTS) is 1. The van der Waals surface area contributed by atoms with Crippen LogP contribution in [-0.2, 0) is 4.79 Å². The number of amides is 1. The molecule has 1 aliphatic heterocycles. The lowest BCUT2D eigenvalue weighted by molar-refractivity contribution is -0.141. The minimum Gasteiger partial charge on any atom is -0.481 e. The second kappa shape index (κ2) is 5.09. The Kier molecular flexibility index (Phi) is 3.27. The molecule has 2 aromatic heterocycles. The van der Waals surface area contributed by atoms with Gasteiger partial charge >= 0.3 is 5.97 Å². The number of hydrogen-bond donors (Lipinski definition) is 1. The van der Waals surface area contributed by atoms with E-state index in [0.717, 1.165) is 0 Å². The largest absolute Gasteiger partial charge is 0.481 e. The first-order chi connectivity index (χ1) is 9.65. The maximum Gasteiger partial charge on any atom is 0.308 e. The van der Waals surface area contributed by atoms with E-state index in [0.29, 0.717) is 28.6 Å². The number of aliphatic carboxylic acids is 1. The summed E-state index contributed by atoms with van der Waals surface area (Å²) in [4.78, 5) is 29.4. The van der Waals surface area contributed by atoms with Crippen LogP contribution in [0.15, 0.2) is 29.0 Å². The van der Waals surface area contributed by atoms with Gasteiger partial charge in [0.05, 0.1) is 18.4 Å². The van der Waals surface area contributed by atoms with E-state index in [2.05, 4.69) is 4.98 Å². The van der Waals surface area contributed by atoms with Crippen LogP contribution in [0, 0.1) is 5.92 Å². The van der Waals surface area contributed by atoms with Crippen LogP contribution in [-0.4, -0.2) is 40.0 Å². The summed E-state index contributed by atoms with van der Waals surface area (Å²) < 4.78 is 5.23. The molecule has 1 fully saturated rings. The quantitative estimate of drug-likeness (QED) is 0.934. The van der Waals surface area contributed by atoms with Crippen molar-refractivity contribution in [2.24, 2.45) is 5.92 Å². The van der Waals surface area contributed by atoms with Crippen molar-refractivity contribution >= 4 is 23.2 Å². The number of carbonyl (C=O) groups excluding carboxylic acids is 1. The molecule has 1 aliphatic rings. The topological polar surface area (TPSA) is 83.6 Å². The fourth-order valence-electron chi connectivity index (χ4n) is 2.19. The molecule has 0 radical (unpaired) electrons. The van der Waals surface area contributed by atoms with Crippen LogP contribution in [0.2, 0.25) is 0 Å². The second-order valence-electron chi connectivity index (χ2n) is 4.58. The van der Waals surface area contributed by atoms with Crippen LogP contribution in [0.1, 0.15) is 16.1 Å². The van der Waals surface area contributed by atoms with Crippen molar-refractivity contribution in [1.82, 2.24) is 9.88 Å². The van der Waals surface area contributed by atoms with Gasteiger partial charge in [-0.2, -0.15) is 0 Å². The maximum atomic E-state index is 12.3. The molecule has 104 valence electrons. The van der Waals surface area contributed by atoms with E-state index in [9.17, 15) is 9.59 Å². The lowest BCUT2D eigenvalue weighted by atomic mass is 10.1. The minimum atomic E-state index is -0.846. The van der Waals surface area contributed by atoms with E-state index in [1.54, 1.807) is 23.3 Å². The lowest BCUT2D eigenvalue weighted by Crippen LogP contribution is -2.29. The van der Waals surface area contributed by atoms with Crippen molar-refractivity contribution in [3.63, 3.8) is 0 Å². The van der Waals surface area contributed by atoms with Gasteiger partial charge in [-0.25, -0.2) is 4.98 Å². The molecule has 0 spiro atoms. The molecule has 0 bridgehead atoms. The average Bonchev–Trinajstić information content (AvgIpc) is 3.17. The number of furan rings is 1. The molecule has 3 heterocycles. The van der Waals surface area contributed by atoms with Gasteiger partial charge in [-0.15, -0.1) is 11.3 Å². The number of rotatable bonds is 3. The van der Waals surface area contributed by atoms with E-state index in [-0.39, 0.29) is 12.5 Å². The lowest BCUT2D eigenvalue weighted by Gasteiger charge is -2.13. The summed E-state index contributed by atoms with van der Waals surface area (Å²) in [6.45, 7) is 0.742. The molecular formula is C13H12N2O4S. The first-order valence-corrected chi connectivity index (χ1v) is 6.98. The van der Waals surface area contributed by atoms with Gasteiger partial charge < -0.3 is 14.4 Å². The standard InChI is InChI=1S/C13H12N2O4S/c16-12(15-4-3-8(7-15)13(17)18)10-6-14-11(20-10)9-2-1-5-19-9/h1-2,5-6,8H,3-4,7H2,(H,17,18)/t8-/m0/s1. The fourth-order valence-corrected chi connectivity index (χ4v) is 3.04. The van der Waals surface area contributed by atoms with Gasteiger partial charge in [0.15, 0.2) is 10.8 Å². The van der Waals surface area contributed by atoms with Crippen molar-refractivity contribution in [1.29, 1.82) is 0 Å². The minimum absolute atomic E-state index is 0.163. The van der Waals surface area contributed by atoms with E-state index in [4.69, 9.17) is 9.52 Å². The van der Waals surface area contributed by atoms with Gasteiger partial charge in [-0.1, -0.05) is 0 Å². The van der Waals surface area contributed by atoms with Crippen LogP contribution in [0.3, 0.4) is 0 Å². The Hall–Kier alpha value is -2.15. The predicted octanol–water partition coefficient (Wildman–Crippen LogP) is 1.95. The molecule has 1 saturated heterocycles. The molecule has 6 nitrogen and oxygen atoms in total. The summed E-state index contributed by atoms with van der Waals surface area (Å²) in [5.74, 6) is -0.847. The Morgan fingerprint density at radius 1 is 1.50 bits per heavy atom. The third-order valence-electron chi connectivity index (χ3n) is 3.27. The first kappa shape index (κ1) is 12.9. The monoisotopic (exact) mass is 292 g/mol. The Morgan fingerprint density at radius 2 is 2.35 bits per heavy atom. The molecule has 1 atom stereocenters. The molecule has 3 rings (SSSR count). The third kappa shape index (κ3) is 2.32. The van der Waals surface area contributed by atoms with Crippen LogP contribution >= 0.6 is 11.3 Å². The van der Waals surface area contributed by atoms with E-state index in [1.807, 2.05) is 0 Å². The van der Waals surface area contributed by atoms with Crippen LogP contribution < -0.4 is 0 Å². The number of thiazole rings is 1. The summed E-state index contributed by atoms with van der Waals surface area (Å²) >= 11 is 1.25. The highest BCUT2D eigenvalue weighted by Gasteiger charge is 2.32. The van der Waals surface area contributed by atoms with Crippen molar-refractivity contribution in [3.8, 4) is 10.8 Å². The van der Waals surface area contributed by atoms with Crippen molar-refractivity contribution in [3.05, 3.63) is 29.5 Å². The molecule has 1 N–H and O–H groups in total. The van der Waals surface area contributed by atoms with Gasteiger partial charge in [-0.05, 0) is 18.6 Å². The first-order valence-electron chi connectivity index (χ1n) is 6.17. The fraction of sp³-hybridized carbons (Fsp3) is 0.308. The van der Waals surface area contributed by atoms with Crippen molar-refractivity contribution in [2.75, 3.05) is 13.1 Å². The highest BCUT2D eigenvalue weighted by atomic mass is 32.1. The summed E-state index contributed by atoms with van der Waals surface area (Å²) in [6.07, 6.45) is 3.57. The number of likely N-dealkylation sites (tertiary alicyclic amines) is 1. The van der Waals surface area contributed by atoms with Crippen molar-refractivity contribution in [2.45, 2.75) is 6.42 Å². The predicted molar refractivity (Wildman–Crippen MR) is 71.5 cm³/mol. The summed E-state index contributed by atoms with van der Waals surface area (Å²) in [5, 5.41) is 9.60. The van der Waals surface area contributed by atoms with Crippen LogP contribution in [0.4, 0.5) is 0 Å². The number of aromatic nitrogens is 1. The van der Waals surface area contributed by atoms with Crippen LogP contribution in [0.5, 0.6) is 0 Å². The molecule has 0 aromatic carbocycles. The van der Waals surface area contributed by atoms with E-state index >= 15 is 0 Å². The number of nitrogens with zero attached hydrogens (tertiary/aromatic N) is 2. The highest BCUT2D eigenvalue weighted by molar-refractivity contribution is 7.16. The Balaban J connectivity index is 1.74. The molecule has 7 heteroatoms. The zero-order chi connectivity index (χ0) is 14.1. The van der Waals surface area contributed by atoms with Gasteiger partial charge in [-0.3, -0.25) is 9.59 Å². The molecule has 2 aromatic rings. The van der Waals surface area contributed by atoms with Gasteiger partial charge in [0.25, 0.3) is 5.91 Å². The molecule has 1 amide bonds. The third-order valence-corrected chi connectivity index (χ3v) is 4.27. The SMILES string of the molecule is O=C(O)[C@H]1CCN(C(=O)c2cnc(-c3ccco3)s2)C1. The molecular weight excluding hydrogens is 280 g/mol. The van der Waals surface area contributed by atoms with Gasteiger partial charge in [0.1, 0.15) is 4.88 Å². The molecule has 20 heavy (non-hydrogen) atoms. The Morgan fingerprint density at radius 3 is 3.00 bits per heavy atom. The zero-order valence-corrected chi connectivity index (χ0v) is 11.3. The Labute approximate surface area is 118 Å². The molecule has 0 unspecified atom stereocenters. The Bertz CT molecular complexity index is 635. The van der Waals surface area contributed by atoms with Crippen molar-refractivity contribution < 1.29 is 19.1 Å². The maximum absolute atomic E-state index is 12.3. The smallest absolute Gasteiger partial charge is 0.308 e. The molecule has 0 aliphatic carbocycles. The number of hydrogen-bond acceptors (Lipinski definition) is 5. The number of carbonyl (C=O) groups is 2. The summed E-state index contributed by atoms with van der Waals surface area (Å²) in [7, 11) is 0. The van der Waals surface area contributed by atoms with Gasteiger partial charge in [0.2, 0.25) is 0 Å². The second-order valence-corrected chi connectivity index (χ2v) is 5.61. The summed E-state index contributed by atoms with van der Waals surface area (Å²) in [6, 6.07) is 3.54. The zero-order valence-electron chi connectivity index (χ0n) is 10.5. The molecule has 0 saturated carbocycles. The average molecular weight is 292 g/mol. The normalized spacial score (nSPS) is 18.4. The highest BCUT2D eigenvalue weighted by Crippen LogP contribution is 2.27. The van der Waals surface area contributed by atoms with Crippen LogP contribution in [0.25, 0.3) is 10.8 Å². The summed E-state index contributed by atoms with van der Waals surface area (Å²) in [5.41, 5.74) is 0. The van der Waals surface area contributed by atoms with Gasteiger partial charge in [0, 0.05) is 13.1 Å². The van der Waals surface area contributed by atoms with E-state index in [1.165, 1.54) is 17.5 Å². The number of carboxylic acids is 1.